The summed E-state index contributed by atoms with van der Waals surface area (Å²) in [6.07, 6.45) is 2.94. The molecule has 0 unspecified atom stereocenters. The third-order valence-electron chi connectivity index (χ3n) is 5.21. The van der Waals surface area contributed by atoms with Gasteiger partial charge in [-0.15, -0.1) is 22.7 Å². The number of anilines is 3. The largest absolute Gasteiger partial charge is 0.457 e. The molecule has 0 fully saturated rings. The number of hydrogen-bond donors (Lipinski definition) is 2. The Labute approximate surface area is 214 Å². The first-order chi connectivity index (χ1) is 17.4. The number of aryl methyl sites for hydroxylation is 1. The average molecular weight is 538 g/mol. The lowest BCUT2D eigenvalue weighted by Crippen LogP contribution is -2.12. The van der Waals surface area contributed by atoms with Gasteiger partial charge in [0.2, 0.25) is 0 Å². The van der Waals surface area contributed by atoms with E-state index in [9.17, 15) is 13.2 Å². The molecule has 2 aromatic carbocycles. The minimum Gasteiger partial charge on any atom is -0.457 e. The van der Waals surface area contributed by atoms with Crippen molar-refractivity contribution in [3.05, 3.63) is 88.5 Å². The van der Waals surface area contributed by atoms with Crippen molar-refractivity contribution in [2.24, 2.45) is 0 Å². The Balaban J connectivity index is 1.35. The Morgan fingerprint density at radius 1 is 1.03 bits per heavy atom. The number of aromatic nitrogens is 3. The molecule has 0 saturated carbocycles. The van der Waals surface area contributed by atoms with E-state index in [1.54, 1.807) is 17.5 Å². The SMILES string of the molecule is Cc1c(C(=O)OCc2ccccc2)sc2ncnc(Nc3ccc(S(=O)(=O)Nc4nccs4)cc3)c12. The summed E-state index contributed by atoms with van der Waals surface area (Å²) in [6, 6.07) is 15.7. The van der Waals surface area contributed by atoms with E-state index in [0.717, 1.165) is 5.56 Å². The summed E-state index contributed by atoms with van der Waals surface area (Å²) in [5, 5.41) is 5.89. The Kier molecular flexibility index (Phi) is 6.63. The molecule has 0 spiro atoms. The minimum atomic E-state index is -3.75. The van der Waals surface area contributed by atoms with Crippen LogP contribution in [0.1, 0.15) is 20.8 Å². The van der Waals surface area contributed by atoms with Gasteiger partial charge < -0.3 is 10.1 Å². The Bertz CT molecular complexity index is 1620. The lowest BCUT2D eigenvalue weighted by Gasteiger charge is -2.09. The van der Waals surface area contributed by atoms with Gasteiger partial charge in [-0.1, -0.05) is 30.3 Å². The molecule has 0 amide bonds. The fraction of sp³-hybridized carbons (Fsp3) is 0.0833. The van der Waals surface area contributed by atoms with Gasteiger partial charge in [-0.3, -0.25) is 4.72 Å². The van der Waals surface area contributed by atoms with E-state index >= 15 is 0 Å². The van der Waals surface area contributed by atoms with Gasteiger partial charge in [0, 0.05) is 17.3 Å². The molecule has 0 bridgehead atoms. The molecule has 3 aromatic heterocycles. The standard InChI is InChI=1S/C24H19N5O4S3/c1-15-19-21(28-17-7-9-18(10-8-17)36(31,32)29-24-25-11-12-34-24)26-14-27-22(19)35-20(15)23(30)33-13-16-5-3-2-4-6-16/h2-12,14H,13H2,1H3,(H,25,29)(H,26,27,28). The highest BCUT2D eigenvalue weighted by atomic mass is 32.2. The summed E-state index contributed by atoms with van der Waals surface area (Å²) in [4.78, 5) is 26.6. The van der Waals surface area contributed by atoms with Crippen molar-refractivity contribution >= 4 is 65.5 Å². The maximum absolute atomic E-state index is 12.8. The minimum absolute atomic E-state index is 0.103. The van der Waals surface area contributed by atoms with Gasteiger partial charge in [-0.25, -0.2) is 28.2 Å². The molecule has 0 aliphatic heterocycles. The summed E-state index contributed by atoms with van der Waals surface area (Å²) in [5.74, 6) is 0.0833. The average Bonchev–Trinajstić information content (AvgIpc) is 3.51. The molecule has 0 atom stereocenters. The zero-order valence-corrected chi connectivity index (χ0v) is 21.3. The number of carbonyl (C=O) groups excluding carboxylic acids is 1. The van der Waals surface area contributed by atoms with E-state index in [1.165, 1.54) is 47.3 Å². The van der Waals surface area contributed by atoms with E-state index < -0.39 is 16.0 Å². The summed E-state index contributed by atoms with van der Waals surface area (Å²) >= 11 is 2.44. The van der Waals surface area contributed by atoms with E-state index in [-0.39, 0.29) is 11.5 Å². The van der Waals surface area contributed by atoms with Crippen molar-refractivity contribution in [2.75, 3.05) is 10.0 Å². The van der Waals surface area contributed by atoms with Crippen molar-refractivity contribution in [2.45, 2.75) is 18.4 Å². The molecule has 182 valence electrons. The van der Waals surface area contributed by atoms with Crippen LogP contribution in [0, 0.1) is 6.92 Å². The molecule has 9 nitrogen and oxygen atoms in total. The second kappa shape index (κ2) is 10.0. The van der Waals surface area contributed by atoms with Crippen molar-refractivity contribution in [3.8, 4) is 0 Å². The number of nitrogens with one attached hydrogen (secondary N) is 2. The van der Waals surface area contributed by atoms with Crippen LogP contribution in [0.2, 0.25) is 0 Å². The number of nitrogens with zero attached hydrogens (tertiary/aromatic N) is 3. The molecule has 0 radical (unpaired) electrons. The number of thiophene rings is 1. The predicted molar refractivity (Wildman–Crippen MR) is 140 cm³/mol. The predicted octanol–water partition coefficient (Wildman–Crippen LogP) is 5.36. The van der Waals surface area contributed by atoms with E-state index in [0.29, 0.717) is 37.3 Å². The van der Waals surface area contributed by atoms with Crippen molar-refractivity contribution < 1.29 is 17.9 Å². The number of hydrogen-bond acceptors (Lipinski definition) is 10. The molecule has 0 saturated heterocycles. The monoisotopic (exact) mass is 537 g/mol. The molecule has 5 rings (SSSR count). The maximum Gasteiger partial charge on any atom is 0.349 e. The highest BCUT2D eigenvalue weighted by Gasteiger charge is 2.21. The maximum atomic E-state index is 12.8. The van der Waals surface area contributed by atoms with Crippen molar-refractivity contribution in [3.63, 3.8) is 0 Å². The second-order valence-corrected chi connectivity index (χ2v) is 11.2. The van der Waals surface area contributed by atoms with Crippen LogP contribution in [0.25, 0.3) is 10.2 Å². The lowest BCUT2D eigenvalue weighted by molar-refractivity contribution is 0.0478. The van der Waals surface area contributed by atoms with Gasteiger partial charge in [0.1, 0.15) is 28.5 Å². The lowest BCUT2D eigenvalue weighted by atomic mass is 10.2. The van der Waals surface area contributed by atoms with Crippen LogP contribution in [0.4, 0.5) is 16.6 Å². The van der Waals surface area contributed by atoms with Gasteiger partial charge in [-0.05, 0) is 42.3 Å². The van der Waals surface area contributed by atoms with Crippen molar-refractivity contribution in [1.82, 2.24) is 15.0 Å². The quantitative estimate of drug-likeness (QED) is 0.254. The Hall–Kier alpha value is -3.87. The van der Waals surface area contributed by atoms with Crippen LogP contribution in [0.3, 0.4) is 0 Å². The van der Waals surface area contributed by atoms with Crippen LogP contribution in [-0.2, 0) is 21.4 Å². The van der Waals surface area contributed by atoms with Crippen LogP contribution in [0.5, 0.6) is 0 Å². The molecule has 0 aliphatic rings. The number of carbonyl (C=O) groups is 1. The third kappa shape index (κ3) is 5.05. The van der Waals surface area contributed by atoms with Crippen LogP contribution in [0.15, 0.2) is 77.4 Å². The first-order valence-electron chi connectivity index (χ1n) is 10.7. The number of benzene rings is 2. The second-order valence-electron chi connectivity index (χ2n) is 7.61. The van der Waals surface area contributed by atoms with E-state index in [4.69, 9.17) is 4.74 Å². The van der Waals surface area contributed by atoms with E-state index in [2.05, 4.69) is 25.0 Å². The summed E-state index contributed by atoms with van der Waals surface area (Å²) in [6.45, 7) is 2.00. The Morgan fingerprint density at radius 3 is 2.53 bits per heavy atom. The topological polar surface area (TPSA) is 123 Å². The molecule has 36 heavy (non-hydrogen) atoms. The van der Waals surface area contributed by atoms with Gasteiger partial charge in [0.05, 0.1) is 10.3 Å². The number of ether oxygens (including phenoxy) is 1. The molecular formula is C24H19N5O4S3. The molecular weight excluding hydrogens is 518 g/mol. The summed E-state index contributed by atoms with van der Waals surface area (Å²) in [7, 11) is -3.75. The van der Waals surface area contributed by atoms with E-state index in [1.807, 2.05) is 37.3 Å². The first-order valence-corrected chi connectivity index (χ1v) is 13.8. The number of fused-ring (bicyclic) bond motifs is 1. The van der Waals surface area contributed by atoms with Gasteiger partial charge in [0.15, 0.2) is 5.13 Å². The van der Waals surface area contributed by atoms with Crippen LogP contribution >= 0.6 is 22.7 Å². The molecule has 0 aliphatic carbocycles. The van der Waals surface area contributed by atoms with Gasteiger partial charge >= 0.3 is 5.97 Å². The van der Waals surface area contributed by atoms with Crippen LogP contribution < -0.4 is 10.0 Å². The fourth-order valence-corrected chi connectivity index (χ4v) is 6.28. The number of esters is 1. The Morgan fingerprint density at radius 2 is 1.81 bits per heavy atom. The number of thiazole rings is 1. The van der Waals surface area contributed by atoms with Crippen molar-refractivity contribution in [1.29, 1.82) is 0 Å². The first kappa shape index (κ1) is 23.9. The third-order valence-corrected chi connectivity index (χ3v) is 8.56. The number of rotatable bonds is 8. The zero-order valence-electron chi connectivity index (χ0n) is 18.8. The van der Waals surface area contributed by atoms with Gasteiger partial charge in [-0.2, -0.15) is 0 Å². The molecule has 12 heteroatoms. The molecule has 2 N–H and O–H groups in total. The van der Waals surface area contributed by atoms with Gasteiger partial charge in [0.25, 0.3) is 10.0 Å². The summed E-state index contributed by atoms with van der Waals surface area (Å²) < 4.78 is 33.1. The highest BCUT2D eigenvalue weighted by Crippen LogP contribution is 2.35. The molecule has 5 aromatic rings. The molecule has 3 heterocycles. The number of sulfonamides is 1. The fourth-order valence-electron chi connectivity index (χ4n) is 3.45. The summed E-state index contributed by atoms with van der Waals surface area (Å²) in [5.41, 5.74) is 2.24. The zero-order chi connectivity index (χ0) is 25.1. The highest BCUT2D eigenvalue weighted by molar-refractivity contribution is 7.93. The normalized spacial score (nSPS) is 11.4. The van der Waals surface area contributed by atoms with Crippen LogP contribution in [-0.4, -0.2) is 29.3 Å². The smallest absolute Gasteiger partial charge is 0.349 e.